The Morgan fingerprint density at radius 1 is 1.45 bits per heavy atom. The molecule has 1 fully saturated rings. The number of aryl methyl sites for hydroxylation is 1. The summed E-state index contributed by atoms with van der Waals surface area (Å²) in [4.78, 5) is 6.92. The summed E-state index contributed by atoms with van der Waals surface area (Å²) in [7, 11) is 2.20. The summed E-state index contributed by atoms with van der Waals surface area (Å²) in [6.07, 6.45) is 3.22. The van der Waals surface area contributed by atoms with Gasteiger partial charge in [0.15, 0.2) is 11.5 Å². The van der Waals surface area contributed by atoms with Crippen molar-refractivity contribution in [3.63, 3.8) is 0 Å². The molecule has 4 heteroatoms. The lowest BCUT2D eigenvalue weighted by Crippen LogP contribution is -2.42. The Bertz CT molecular complexity index is 592. The van der Waals surface area contributed by atoms with Crippen LogP contribution >= 0.6 is 0 Å². The van der Waals surface area contributed by atoms with E-state index < -0.39 is 0 Å². The van der Waals surface area contributed by atoms with Crippen LogP contribution in [-0.2, 0) is 6.42 Å². The van der Waals surface area contributed by atoms with Crippen LogP contribution in [0.25, 0.3) is 11.1 Å². The van der Waals surface area contributed by atoms with E-state index in [-0.39, 0.29) is 0 Å². The number of nitrogens with one attached hydrogen (secondary N) is 1. The minimum Gasteiger partial charge on any atom is -0.441 e. The van der Waals surface area contributed by atoms with Crippen molar-refractivity contribution in [1.29, 1.82) is 0 Å². The second-order valence-corrected chi connectivity index (χ2v) is 5.84. The van der Waals surface area contributed by atoms with Gasteiger partial charge in [0, 0.05) is 30.7 Å². The maximum atomic E-state index is 5.65. The van der Waals surface area contributed by atoms with Crippen LogP contribution in [-0.4, -0.2) is 35.6 Å². The van der Waals surface area contributed by atoms with Crippen LogP contribution in [0.3, 0.4) is 0 Å². The molecule has 0 bridgehead atoms. The second-order valence-electron chi connectivity index (χ2n) is 5.84. The number of fused-ring (bicyclic) bond motifs is 1. The molecule has 2 aromatic rings. The highest BCUT2D eigenvalue weighted by Crippen LogP contribution is 2.24. The van der Waals surface area contributed by atoms with Crippen molar-refractivity contribution in [3.05, 3.63) is 24.1 Å². The van der Waals surface area contributed by atoms with Gasteiger partial charge in [-0.2, -0.15) is 0 Å². The highest BCUT2D eigenvalue weighted by molar-refractivity contribution is 5.77. The molecule has 1 aliphatic rings. The van der Waals surface area contributed by atoms with E-state index >= 15 is 0 Å². The van der Waals surface area contributed by atoms with Gasteiger partial charge in [0.25, 0.3) is 0 Å². The minimum absolute atomic E-state index is 0.552. The van der Waals surface area contributed by atoms with Gasteiger partial charge in [0.2, 0.25) is 0 Å². The van der Waals surface area contributed by atoms with Crippen LogP contribution < -0.4 is 5.32 Å². The Morgan fingerprint density at radius 2 is 2.30 bits per heavy atom. The molecule has 0 aliphatic carbocycles. The first kappa shape index (κ1) is 13.4. The summed E-state index contributed by atoms with van der Waals surface area (Å²) in [6.45, 7) is 5.51. The molecule has 1 aromatic heterocycles. The molecule has 1 aliphatic heterocycles. The van der Waals surface area contributed by atoms with Gasteiger partial charge in [-0.3, -0.25) is 0 Å². The molecule has 1 N–H and O–H groups in total. The van der Waals surface area contributed by atoms with Gasteiger partial charge < -0.3 is 14.6 Å². The molecule has 0 radical (unpaired) electrons. The molecule has 0 spiro atoms. The summed E-state index contributed by atoms with van der Waals surface area (Å²) < 4.78 is 5.65. The molecule has 4 nitrogen and oxygen atoms in total. The number of benzene rings is 1. The zero-order valence-electron chi connectivity index (χ0n) is 12.5. The molecule has 2 unspecified atom stereocenters. The average Bonchev–Trinajstić information content (AvgIpc) is 2.85. The molecule has 0 saturated carbocycles. The Balaban J connectivity index is 1.74. The minimum atomic E-state index is 0.552. The quantitative estimate of drug-likeness (QED) is 0.931. The summed E-state index contributed by atoms with van der Waals surface area (Å²) >= 11 is 0. The number of oxazole rings is 1. The van der Waals surface area contributed by atoms with Gasteiger partial charge in [-0.1, -0.05) is 6.92 Å². The van der Waals surface area contributed by atoms with Gasteiger partial charge in [0.05, 0.1) is 0 Å². The van der Waals surface area contributed by atoms with Crippen molar-refractivity contribution < 1.29 is 4.42 Å². The molecular weight excluding hydrogens is 250 g/mol. The fraction of sp³-hybridized carbons (Fsp3) is 0.562. The predicted molar refractivity (Wildman–Crippen MR) is 82.1 cm³/mol. The number of anilines is 1. The van der Waals surface area contributed by atoms with E-state index in [4.69, 9.17) is 4.42 Å². The Labute approximate surface area is 120 Å². The second kappa shape index (κ2) is 5.44. The fourth-order valence-corrected chi connectivity index (χ4v) is 2.87. The number of piperidine rings is 1. The van der Waals surface area contributed by atoms with E-state index in [1.165, 1.54) is 12.8 Å². The number of aromatic nitrogens is 1. The highest BCUT2D eigenvalue weighted by Gasteiger charge is 2.22. The van der Waals surface area contributed by atoms with Gasteiger partial charge in [0.1, 0.15) is 5.52 Å². The van der Waals surface area contributed by atoms with Gasteiger partial charge in [-0.25, -0.2) is 4.98 Å². The van der Waals surface area contributed by atoms with Gasteiger partial charge in [-0.05, 0) is 45.0 Å². The third-order valence-corrected chi connectivity index (χ3v) is 4.31. The zero-order chi connectivity index (χ0) is 14.1. The number of hydrogen-bond acceptors (Lipinski definition) is 4. The number of nitrogens with zero attached hydrogens (tertiary/aromatic N) is 2. The van der Waals surface area contributed by atoms with E-state index in [0.717, 1.165) is 35.6 Å². The van der Waals surface area contributed by atoms with Crippen molar-refractivity contribution in [2.24, 2.45) is 0 Å². The summed E-state index contributed by atoms with van der Waals surface area (Å²) in [5.41, 5.74) is 2.98. The maximum absolute atomic E-state index is 5.65. The monoisotopic (exact) mass is 273 g/mol. The van der Waals surface area contributed by atoms with Crippen LogP contribution in [0.2, 0.25) is 0 Å². The van der Waals surface area contributed by atoms with Crippen molar-refractivity contribution in [2.75, 3.05) is 18.9 Å². The lowest BCUT2D eigenvalue weighted by atomic mass is 9.98. The highest BCUT2D eigenvalue weighted by atomic mass is 16.3. The first-order valence-corrected chi connectivity index (χ1v) is 7.52. The topological polar surface area (TPSA) is 41.3 Å². The van der Waals surface area contributed by atoms with Crippen molar-refractivity contribution in [1.82, 2.24) is 9.88 Å². The molecule has 0 amide bonds. The van der Waals surface area contributed by atoms with Gasteiger partial charge in [-0.15, -0.1) is 0 Å². The molecule has 3 rings (SSSR count). The van der Waals surface area contributed by atoms with Crippen LogP contribution in [0.5, 0.6) is 0 Å². The van der Waals surface area contributed by atoms with Crippen LogP contribution in [0.1, 0.15) is 32.6 Å². The molecular formula is C16H23N3O. The lowest BCUT2D eigenvalue weighted by Gasteiger charge is -2.35. The Hall–Kier alpha value is -1.55. The SMILES string of the molecule is CCc1nc2cc(NC3CCN(C)C(C)C3)ccc2o1. The third-order valence-electron chi connectivity index (χ3n) is 4.31. The molecule has 1 saturated heterocycles. The standard InChI is InChI=1S/C16H23N3O/c1-4-16-18-14-10-12(5-6-15(14)20-16)17-13-7-8-19(3)11(2)9-13/h5-6,10-11,13,17H,4,7-9H2,1-3H3. The van der Waals surface area contributed by atoms with Crippen molar-refractivity contribution in [3.8, 4) is 0 Å². The zero-order valence-corrected chi connectivity index (χ0v) is 12.5. The van der Waals surface area contributed by atoms with E-state index in [2.05, 4.69) is 48.2 Å². The van der Waals surface area contributed by atoms with E-state index in [1.54, 1.807) is 0 Å². The predicted octanol–water partition coefficient (Wildman–Crippen LogP) is 3.28. The Kier molecular flexibility index (Phi) is 3.66. The summed E-state index contributed by atoms with van der Waals surface area (Å²) in [5, 5.41) is 3.64. The fourth-order valence-electron chi connectivity index (χ4n) is 2.87. The van der Waals surface area contributed by atoms with E-state index in [0.29, 0.717) is 12.1 Å². The average molecular weight is 273 g/mol. The largest absolute Gasteiger partial charge is 0.441 e. The molecule has 20 heavy (non-hydrogen) atoms. The summed E-state index contributed by atoms with van der Waals surface area (Å²) in [6, 6.07) is 7.40. The van der Waals surface area contributed by atoms with E-state index in [9.17, 15) is 0 Å². The first-order chi connectivity index (χ1) is 9.65. The van der Waals surface area contributed by atoms with Crippen molar-refractivity contribution in [2.45, 2.75) is 45.2 Å². The van der Waals surface area contributed by atoms with E-state index in [1.807, 2.05) is 6.07 Å². The number of rotatable bonds is 3. The van der Waals surface area contributed by atoms with Crippen LogP contribution in [0.15, 0.2) is 22.6 Å². The third kappa shape index (κ3) is 2.66. The molecule has 2 atom stereocenters. The number of hydrogen-bond donors (Lipinski definition) is 1. The molecule has 108 valence electrons. The molecule has 1 aromatic carbocycles. The summed E-state index contributed by atoms with van der Waals surface area (Å²) in [5.74, 6) is 0.810. The van der Waals surface area contributed by atoms with Crippen LogP contribution in [0, 0.1) is 0 Å². The maximum Gasteiger partial charge on any atom is 0.195 e. The van der Waals surface area contributed by atoms with Gasteiger partial charge >= 0.3 is 0 Å². The molecule has 2 heterocycles. The van der Waals surface area contributed by atoms with Crippen LogP contribution in [0.4, 0.5) is 5.69 Å². The normalized spacial score (nSPS) is 24.1. The lowest BCUT2D eigenvalue weighted by molar-refractivity contribution is 0.190. The van der Waals surface area contributed by atoms with Crippen molar-refractivity contribution >= 4 is 16.8 Å². The first-order valence-electron chi connectivity index (χ1n) is 7.52. The smallest absolute Gasteiger partial charge is 0.195 e. The number of likely N-dealkylation sites (tertiary alicyclic amines) is 1. The Morgan fingerprint density at radius 3 is 3.05 bits per heavy atom.